The highest BCUT2D eigenvalue weighted by Crippen LogP contribution is 2.20. The van der Waals surface area contributed by atoms with Crippen LogP contribution in [0.25, 0.3) is 0 Å². The topological polar surface area (TPSA) is 101 Å². The van der Waals surface area contributed by atoms with E-state index in [1.807, 2.05) is 0 Å². The Morgan fingerprint density at radius 2 is 2.30 bits per heavy atom. The maximum absolute atomic E-state index is 10.6. The highest BCUT2D eigenvalue weighted by atomic mass is 16.5. The first-order chi connectivity index (χ1) is 9.56. The van der Waals surface area contributed by atoms with Crippen LogP contribution in [0.15, 0.2) is 4.52 Å². The molecular formula is C12H22N6O2. The zero-order chi connectivity index (χ0) is 14.5. The number of nitrogens with one attached hydrogen (secondary N) is 1. The summed E-state index contributed by atoms with van der Waals surface area (Å²) in [6.45, 7) is 3.42. The number of aromatic nitrogens is 2. The molecule has 2 rings (SSSR count). The zero-order valence-corrected chi connectivity index (χ0v) is 12.0. The van der Waals surface area contributed by atoms with E-state index in [-0.39, 0.29) is 12.6 Å². The third-order valence-electron chi connectivity index (χ3n) is 3.42. The summed E-state index contributed by atoms with van der Waals surface area (Å²) in [6, 6.07) is 0.135. The first kappa shape index (κ1) is 14.9. The second kappa shape index (κ2) is 6.78. The number of amides is 1. The second-order valence-corrected chi connectivity index (χ2v) is 5.23. The average Bonchev–Trinajstić information content (AvgIpc) is 2.77. The smallest absolute Gasteiger partial charge is 0.240 e. The van der Waals surface area contributed by atoms with Gasteiger partial charge in [-0.3, -0.25) is 15.0 Å². The summed E-state index contributed by atoms with van der Waals surface area (Å²) < 4.78 is 5.20. The molecule has 1 aliphatic rings. The van der Waals surface area contributed by atoms with Gasteiger partial charge in [0.15, 0.2) is 5.82 Å². The van der Waals surface area contributed by atoms with Gasteiger partial charge in [-0.1, -0.05) is 5.16 Å². The molecule has 3 N–H and O–H groups in total. The highest BCUT2D eigenvalue weighted by molar-refractivity contribution is 5.75. The number of hydrogen-bond donors (Lipinski definition) is 2. The van der Waals surface area contributed by atoms with Gasteiger partial charge in [0, 0.05) is 6.54 Å². The lowest BCUT2D eigenvalue weighted by atomic mass is 10.2. The fraction of sp³-hybridized carbons (Fsp3) is 0.750. The van der Waals surface area contributed by atoms with Crippen LogP contribution in [0, 0.1) is 0 Å². The largest absolute Gasteiger partial charge is 0.369 e. The Balaban J connectivity index is 1.97. The predicted molar refractivity (Wildman–Crippen MR) is 72.7 cm³/mol. The Morgan fingerprint density at radius 1 is 1.50 bits per heavy atom. The lowest BCUT2D eigenvalue weighted by molar-refractivity contribution is -0.117. The molecular weight excluding hydrogens is 260 g/mol. The molecule has 0 aliphatic carbocycles. The summed E-state index contributed by atoms with van der Waals surface area (Å²) in [5.41, 5.74) is 5.05. The molecule has 0 bridgehead atoms. The predicted octanol–water partition coefficient (Wildman–Crippen LogP) is -1.05. The minimum atomic E-state index is -0.408. The first-order valence-corrected chi connectivity index (χ1v) is 6.76. The van der Waals surface area contributed by atoms with Crippen LogP contribution in [0.2, 0.25) is 0 Å². The molecule has 1 atom stereocenters. The van der Waals surface area contributed by atoms with E-state index in [0.29, 0.717) is 18.3 Å². The molecule has 1 amide bonds. The van der Waals surface area contributed by atoms with E-state index in [2.05, 4.69) is 39.4 Å². The van der Waals surface area contributed by atoms with E-state index >= 15 is 0 Å². The summed E-state index contributed by atoms with van der Waals surface area (Å²) in [6.07, 6.45) is 1.13. The van der Waals surface area contributed by atoms with Crippen molar-refractivity contribution in [1.82, 2.24) is 25.3 Å². The van der Waals surface area contributed by atoms with Crippen molar-refractivity contribution in [2.45, 2.75) is 19.0 Å². The minimum Gasteiger partial charge on any atom is -0.369 e. The molecule has 8 heteroatoms. The van der Waals surface area contributed by atoms with Crippen molar-refractivity contribution < 1.29 is 9.32 Å². The van der Waals surface area contributed by atoms with Crippen LogP contribution in [-0.4, -0.2) is 66.1 Å². The number of primary amides is 1. The van der Waals surface area contributed by atoms with E-state index in [1.165, 1.54) is 0 Å². The molecule has 1 unspecified atom stereocenters. The quantitative estimate of drug-likeness (QED) is 0.711. The number of nitrogens with zero attached hydrogens (tertiary/aromatic N) is 4. The number of carbonyl (C=O) groups is 1. The van der Waals surface area contributed by atoms with Crippen LogP contribution < -0.4 is 11.1 Å². The van der Waals surface area contributed by atoms with Crippen LogP contribution in [0.5, 0.6) is 0 Å². The van der Waals surface area contributed by atoms with Gasteiger partial charge >= 0.3 is 0 Å². The molecule has 0 saturated carbocycles. The highest BCUT2D eigenvalue weighted by Gasteiger charge is 2.26. The molecule has 2 heterocycles. The van der Waals surface area contributed by atoms with Crippen molar-refractivity contribution in [3.05, 3.63) is 11.7 Å². The van der Waals surface area contributed by atoms with Gasteiger partial charge in [0.05, 0.1) is 19.1 Å². The molecule has 0 aromatic carbocycles. The summed E-state index contributed by atoms with van der Waals surface area (Å²) in [5.74, 6) is 0.758. The molecule has 8 nitrogen and oxygen atoms in total. The standard InChI is InChI=1S/C12H22N6O2/c1-17-4-3-5-18(2)9(8-17)12-15-11(20-16-12)7-14-6-10(13)19/h9,14H,3-8H2,1-2H3,(H2,13,19). The van der Waals surface area contributed by atoms with Crippen LogP contribution >= 0.6 is 0 Å². The molecule has 1 fully saturated rings. The monoisotopic (exact) mass is 282 g/mol. The summed E-state index contributed by atoms with van der Waals surface area (Å²) in [7, 11) is 4.17. The Morgan fingerprint density at radius 3 is 3.05 bits per heavy atom. The molecule has 0 spiro atoms. The molecule has 1 saturated heterocycles. The van der Waals surface area contributed by atoms with Gasteiger partial charge in [-0.15, -0.1) is 0 Å². The fourth-order valence-corrected chi connectivity index (χ4v) is 2.32. The van der Waals surface area contributed by atoms with Gasteiger partial charge in [-0.25, -0.2) is 0 Å². The van der Waals surface area contributed by atoms with Crippen molar-refractivity contribution in [1.29, 1.82) is 0 Å². The first-order valence-electron chi connectivity index (χ1n) is 6.76. The van der Waals surface area contributed by atoms with Crippen molar-refractivity contribution >= 4 is 5.91 Å². The van der Waals surface area contributed by atoms with E-state index in [0.717, 1.165) is 26.1 Å². The summed E-state index contributed by atoms with van der Waals surface area (Å²) >= 11 is 0. The van der Waals surface area contributed by atoms with Gasteiger partial charge in [-0.05, 0) is 33.6 Å². The van der Waals surface area contributed by atoms with E-state index in [4.69, 9.17) is 10.3 Å². The normalized spacial score (nSPS) is 21.8. The minimum absolute atomic E-state index is 0.101. The number of hydrogen-bond acceptors (Lipinski definition) is 7. The Bertz CT molecular complexity index is 449. The number of carbonyl (C=O) groups excluding carboxylic acids is 1. The molecule has 1 aromatic rings. The fourth-order valence-electron chi connectivity index (χ4n) is 2.32. The van der Waals surface area contributed by atoms with Crippen LogP contribution in [0.4, 0.5) is 0 Å². The van der Waals surface area contributed by atoms with E-state index < -0.39 is 5.91 Å². The lowest BCUT2D eigenvalue weighted by Gasteiger charge is -2.24. The molecule has 112 valence electrons. The summed E-state index contributed by atoms with van der Waals surface area (Å²) in [5, 5.41) is 6.91. The van der Waals surface area contributed by atoms with Crippen LogP contribution in [0.1, 0.15) is 24.2 Å². The van der Waals surface area contributed by atoms with Gasteiger partial charge < -0.3 is 15.2 Å². The Kier molecular flexibility index (Phi) is 5.05. The maximum atomic E-state index is 10.6. The number of rotatable bonds is 5. The zero-order valence-electron chi connectivity index (χ0n) is 12.0. The van der Waals surface area contributed by atoms with Crippen molar-refractivity contribution in [2.75, 3.05) is 40.3 Å². The van der Waals surface area contributed by atoms with Gasteiger partial charge in [0.2, 0.25) is 11.8 Å². The second-order valence-electron chi connectivity index (χ2n) is 5.23. The van der Waals surface area contributed by atoms with Gasteiger partial charge in [-0.2, -0.15) is 4.98 Å². The maximum Gasteiger partial charge on any atom is 0.240 e. The van der Waals surface area contributed by atoms with Gasteiger partial charge in [0.25, 0.3) is 0 Å². The molecule has 0 radical (unpaired) electrons. The number of likely N-dealkylation sites (N-methyl/N-ethyl adjacent to an activating group) is 2. The lowest BCUT2D eigenvalue weighted by Crippen LogP contribution is -2.31. The van der Waals surface area contributed by atoms with Crippen LogP contribution in [-0.2, 0) is 11.3 Å². The third kappa shape index (κ3) is 3.99. The molecule has 1 aromatic heterocycles. The van der Waals surface area contributed by atoms with E-state index in [9.17, 15) is 4.79 Å². The van der Waals surface area contributed by atoms with Crippen molar-refractivity contribution in [2.24, 2.45) is 5.73 Å². The molecule has 1 aliphatic heterocycles. The Hall–Kier alpha value is -1.51. The van der Waals surface area contributed by atoms with Crippen molar-refractivity contribution in [3.8, 4) is 0 Å². The average molecular weight is 282 g/mol. The van der Waals surface area contributed by atoms with E-state index in [1.54, 1.807) is 0 Å². The van der Waals surface area contributed by atoms with Crippen molar-refractivity contribution in [3.63, 3.8) is 0 Å². The Labute approximate surface area is 118 Å². The van der Waals surface area contributed by atoms with Gasteiger partial charge in [0.1, 0.15) is 0 Å². The SMILES string of the molecule is CN1CCCN(C)C(c2noc(CNCC(N)=O)n2)C1. The molecule has 20 heavy (non-hydrogen) atoms. The third-order valence-corrected chi connectivity index (χ3v) is 3.42. The summed E-state index contributed by atoms with van der Waals surface area (Å²) in [4.78, 5) is 19.6. The van der Waals surface area contributed by atoms with Crippen LogP contribution in [0.3, 0.4) is 0 Å². The number of nitrogens with two attached hydrogens (primary N) is 1.